The molecule has 1 unspecified atom stereocenters. The van der Waals surface area contributed by atoms with E-state index in [4.69, 9.17) is 4.52 Å². The van der Waals surface area contributed by atoms with Crippen molar-refractivity contribution in [3.05, 3.63) is 48.1 Å². The molecular formula is C12H15N3O. The monoisotopic (exact) mass is 217 g/mol. The molecule has 1 N–H and O–H groups in total. The van der Waals surface area contributed by atoms with Gasteiger partial charge in [0.15, 0.2) is 6.33 Å². The molecule has 1 aromatic carbocycles. The van der Waals surface area contributed by atoms with Crippen LogP contribution in [0.25, 0.3) is 0 Å². The molecule has 0 spiro atoms. The van der Waals surface area contributed by atoms with Crippen LogP contribution in [0.15, 0.2) is 41.2 Å². The Balaban J connectivity index is 1.78. The fourth-order valence-electron chi connectivity index (χ4n) is 1.56. The van der Waals surface area contributed by atoms with Crippen molar-refractivity contribution in [2.45, 2.75) is 19.4 Å². The second kappa shape index (κ2) is 5.42. The minimum atomic E-state index is 0.337. The average molecular weight is 217 g/mol. The van der Waals surface area contributed by atoms with Crippen LogP contribution >= 0.6 is 0 Å². The van der Waals surface area contributed by atoms with E-state index in [1.807, 2.05) is 18.2 Å². The first-order chi connectivity index (χ1) is 7.86. The van der Waals surface area contributed by atoms with Crippen molar-refractivity contribution in [1.82, 2.24) is 15.5 Å². The van der Waals surface area contributed by atoms with Gasteiger partial charge in [0.25, 0.3) is 0 Å². The van der Waals surface area contributed by atoms with E-state index in [1.165, 1.54) is 11.9 Å². The summed E-state index contributed by atoms with van der Waals surface area (Å²) in [4.78, 5) is 3.97. The summed E-state index contributed by atoms with van der Waals surface area (Å²) in [5, 5.41) is 6.97. The zero-order chi connectivity index (χ0) is 11.2. The van der Waals surface area contributed by atoms with Crippen LogP contribution in [0.3, 0.4) is 0 Å². The molecule has 1 aromatic heterocycles. The number of nitrogens with zero attached hydrogens (tertiary/aromatic N) is 2. The van der Waals surface area contributed by atoms with Crippen LogP contribution in [-0.2, 0) is 6.42 Å². The number of aromatic nitrogens is 2. The molecule has 0 radical (unpaired) electrons. The molecular weight excluding hydrogens is 202 g/mol. The first-order valence-corrected chi connectivity index (χ1v) is 5.40. The van der Waals surface area contributed by atoms with E-state index in [9.17, 15) is 0 Å². The fourth-order valence-corrected chi connectivity index (χ4v) is 1.56. The highest BCUT2D eigenvalue weighted by atomic mass is 16.5. The van der Waals surface area contributed by atoms with Crippen molar-refractivity contribution < 1.29 is 4.52 Å². The van der Waals surface area contributed by atoms with E-state index in [0.717, 1.165) is 13.0 Å². The Hall–Kier alpha value is -1.68. The highest BCUT2D eigenvalue weighted by Gasteiger charge is 2.04. The number of rotatable bonds is 5. The van der Waals surface area contributed by atoms with Gasteiger partial charge in [-0.05, 0) is 12.5 Å². The third kappa shape index (κ3) is 2.90. The molecule has 0 aliphatic rings. The Kier molecular flexibility index (Phi) is 3.66. The van der Waals surface area contributed by atoms with Gasteiger partial charge in [0, 0.05) is 19.0 Å². The minimum absolute atomic E-state index is 0.337. The molecule has 0 fully saturated rings. The molecule has 1 heterocycles. The van der Waals surface area contributed by atoms with Gasteiger partial charge < -0.3 is 9.84 Å². The van der Waals surface area contributed by atoms with E-state index in [0.29, 0.717) is 11.9 Å². The highest BCUT2D eigenvalue weighted by molar-refractivity contribution is 5.17. The first-order valence-electron chi connectivity index (χ1n) is 5.40. The maximum absolute atomic E-state index is 4.92. The van der Waals surface area contributed by atoms with Crippen molar-refractivity contribution in [1.29, 1.82) is 0 Å². The van der Waals surface area contributed by atoms with Gasteiger partial charge in [-0.25, -0.2) is 0 Å². The summed E-state index contributed by atoms with van der Waals surface area (Å²) in [6, 6.07) is 10.7. The summed E-state index contributed by atoms with van der Waals surface area (Å²) in [5.41, 5.74) is 1.29. The molecule has 1 atom stereocenters. The van der Waals surface area contributed by atoms with Crippen LogP contribution in [0.2, 0.25) is 0 Å². The van der Waals surface area contributed by atoms with Crippen LogP contribution in [0.4, 0.5) is 0 Å². The molecule has 0 bridgehead atoms. The molecule has 0 saturated carbocycles. The van der Waals surface area contributed by atoms with E-state index in [-0.39, 0.29) is 0 Å². The van der Waals surface area contributed by atoms with Crippen LogP contribution in [0.1, 0.15) is 24.4 Å². The van der Waals surface area contributed by atoms with Gasteiger partial charge in [0.2, 0.25) is 5.89 Å². The second-order valence-electron chi connectivity index (χ2n) is 3.67. The lowest BCUT2D eigenvalue weighted by atomic mass is 10.1. The number of hydrogen-bond donors (Lipinski definition) is 1. The zero-order valence-electron chi connectivity index (χ0n) is 9.26. The molecule has 0 aliphatic heterocycles. The normalized spacial score (nSPS) is 12.6. The predicted molar refractivity (Wildman–Crippen MR) is 60.9 cm³/mol. The lowest BCUT2D eigenvalue weighted by molar-refractivity contribution is 0.372. The number of nitrogens with one attached hydrogen (secondary N) is 1. The predicted octanol–water partition coefficient (Wildman–Crippen LogP) is 1.96. The molecule has 2 rings (SSSR count). The molecule has 16 heavy (non-hydrogen) atoms. The van der Waals surface area contributed by atoms with E-state index in [1.54, 1.807) is 0 Å². The van der Waals surface area contributed by atoms with Crippen molar-refractivity contribution >= 4 is 0 Å². The van der Waals surface area contributed by atoms with Crippen LogP contribution < -0.4 is 5.32 Å². The topological polar surface area (TPSA) is 51.0 Å². The van der Waals surface area contributed by atoms with Gasteiger partial charge in [0.05, 0.1) is 0 Å². The average Bonchev–Trinajstić information content (AvgIpc) is 2.83. The van der Waals surface area contributed by atoms with Crippen molar-refractivity contribution in [3.8, 4) is 0 Å². The maximum Gasteiger partial charge on any atom is 0.227 e. The van der Waals surface area contributed by atoms with Gasteiger partial charge in [0.1, 0.15) is 0 Å². The molecule has 0 saturated heterocycles. The fraction of sp³-hybridized carbons (Fsp3) is 0.333. The van der Waals surface area contributed by atoms with Crippen LogP contribution in [0.5, 0.6) is 0 Å². The molecule has 0 amide bonds. The van der Waals surface area contributed by atoms with Crippen LogP contribution in [0, 0.1) is 0 Å². The summed E-state index contributed by atoms with van der Waals surface area (Å²) in [5.74, 6) is 0.674. The summed E-state index contributed by atoms with van der Waals surface area (Å²) in [6.45, 7) is 2.97. The Morgan fingerprint density at radius 2 is 2.12 bits per heavy atom. The Morgan fingerprint density at radius 1 is 1.31 bits per heavy atom. The Labute approximate surface area is 94.7 Å². The van der Waals surface area contributed by atoms with Gasteiger partial charge in [-0.3, -0.25) is 0 Å². The summed E-state index contributed by atoms with van der Waals surface area (Å²) in [7, 11) is 0. The van der Waals surface area contributed by atoms with Crippen molar-refractivity contribution in [2.75, 3.05) is 6.54 Å². The van der Waals surface area contributed by atoms with E-state index < -0.39 is 0 Å². The van der Waals surface area contributed by atoms with Gasteiger partial charge in [-0.1, -0.05) is 35.5 Å². The second-order valence-corrected chi connectivity index (χ2v) is 3.67. The summed E-state index contributed by atoms with van der Waals surface area (Å²) < 4.78 is 4.92. The lowest BCUT2D eigenvalue weighted by Crippen LogP contribution is -2.21. The number of benzene rings is 1. The largest absolute Gasteiger partial charge is 0.340 e. The van der Waals surface area contributed by atoms with E-state index >= 15 is 0 Å². The van der Waals surface area contributed by atoms with Gasteiger partial charge >= 0.3 is 0 Å². The highest BCUT2D eigenvalue weighted by Crippen LogP contribution is 2.10. The van der Waals surface area contributed by atoms with Crippen molar-refractivity contribution in [3.63, 3.8) is 0 Å². The van der Waals surface area contributed by atoms with Crippen LogP contribution in [-0.4, -0.2) is 16.7 Å². The van der Waals surface area contributed by atoms with Crippen molar-refractivity contribution in [2.24, 2.45) is 0 Å². The molecule has 0 aliphatic carbocycles. The molecule has 84 valence electrons. The number of hydrogen-bond acceptors (Lipinski definition) is 4. The van der Waals surface area contributed by atoms with Gasteiger partial charge in [-0.15, -0.1) is 0 Å². The van der Waals surface area contributed by atoms with E-state index in [2.05, 4.69) is 34.5 Å². The molecule has 2 aromatic rings. The minimum Gasteiger partial charge on any atom is -0.340 e. The third-order valence-corrected chi connectivity index (χ3v) is 2.50. The zero-order valence-corrected chi connectivity index (χ0v) is 9.26. The summed E-state index contributed by atoms with van der Waals surface area (Å²) >= 11 is 0. The first kappa shape index (κ1) is 10.8. The third-order valence-electron chi connectivity index (χ3n) is 2.50. The smallest absolute Gasteiger partial charge is 0.227 e. The lowest BCUT2D eigenvalue weighted by Gasteiger charge is -2.12. The molecule has 4 heteroatoms. The maximum atomic E-state index is 4.92. The Bertz CT molecular complexity index is 399. The quantitative estimate of drug-likeness (QED) is 0.831. The summed E-state index contributed by atoms with van der Waals surface area (Å²) in [6.07, 6.45) is 2.19. The Morgan fingerprint density at radius 3 is 2.81 bits per heavy atom. The standard InChI is InChI=1S/C12H15N3O/c1-10(11-5-3-2-4-6-11)13-8-7-12-14-9-15-16-12/h2-6,9-10,13H,7-8H2,1H3. The SMILES string of the molecule is CC(NCCc1ncno1)c1ccccc1. The van der Waals surface area contributed by atoms with Gasteiger partial charge in [-0.2, -0.15) is 4.98 Å². The molecule has 4 nitrogen and oxygen atoms in total.